The molecule has 0 bridgehead atoms. The Bertz CT molecular complexity index is 623. The second-order valence-corrected chi connectivity index (χ2v) is 5.60. The number of benzene rings is 1. The topological polar surface area (TPSA) is 33.2 Å². The Morgan fingerprint density at radius 2 is 2.25 bits per heavy atom. The summed E-state index contributed by atoms with van der Waals surface area (Å²) in [7, 11) is 0. The van der Waals surface area contributed by atoms with Crippen LogP contribution in [0.4, 0.5) is 0 Å². The Balaban J connectivity index is 1.92. The van der Waals surface area contributed by atoms with Gasteiger partial charge in [0.05, 0.1) is 5.52 Å². The first-order valence-corrected chi connectivity index (χ1v) is 7.52. The van der Waals surface area contributed by atoms with E-state index in [4.69, 9.17) is 11.6 Å². The van der Waals surface area contributed by atoms with Gasteiger partial charge in [0.2, 0.25) is 0 Å². The molecule has 1 aromatic heterocycles. The van der Waals surface area contributed by atoms with E-state index in [1.807, 2.05) is 35.2 Å². The van der Waals surface area contributed by atoms with E-state index in [9.17, 15) is 4.79 Å². The van der Waals surface area contributed by atoms with Crippen LogP contribution in [0.1, 0.15) is 23.2 Å². The standard InChI is InChI=1S/C16H17ClN2O/c17-10-12-4-3-9-19(11-12)16(20)14-5-1-7-15-13(14)6-2-8-18-15/h1-2,5-8,12H,3-4,9-11H2. The van der Waals surface area contributed by atoms with Gasteiger partial charge >= 0.3 is 0 Å². The van der Waals surface area contributed by atoms with Gasteiger partial charge in [0, 0.05) is 36.1 Å². The number of nitrogens with zero attached hydrogens (tertiary/aromatic N) is 2. The van der Waals surface area contributed by atoms with Crippen LogP contribution < -0.4 is 0 Å². The molecule has 0 N–H and O–H groups in total. The molecule has 2 heterocycles. The summed E-state index contributed by atoms with van der Waals surface area (Å²) in [5.74, 6) is 1.14. The first-order chi connectivity index (χ1) is 9.79. The number of pyridine rings is 1. The molecule has 3 rings (SSSR count). The molecule has 1 aromatic carbocycles. The molecule has 0 aliphatic carbocycles. The van der Waals surface area contributed by atoms with Crippen LogP contribution in [0.15, 0.2) is 36.5 Å². The average molecular weight is 289 g/mol. The number of carbonyl (C=O) groups is 1. The highest BCUT2D eigenvalue weighted by Crippen LogP contribution is 2.23. The lowest BCUT2D eigenvalue weighted by molar-refractivity contribution is 0.0687. The summed E-state index contributed by atoms with van der Waals surface area (Å²) < 4.78 is 0. The SMILES string of the molecule is O=C(c1cccc2ncccc12)N1CCCC(CCl)C1. The van der Waals surface area contributed by atoms with E-state index in [0.717, 1.165) is 42.4 Å². The number of hydrogen-bond donors (Lipinski definition) is 0. The third kappa shape index (κ3) is 2.50. The molecule has 4 heteroatoms. The predicted octanol–water partition coefficient (Wildman–Crippen LogP) is 3.33. The van der Waals surface area contributed by atoms with Gasteiger partial charge in [-0.15, -0.1) is 11.6 Å². The van der Waals surface area contributed by atoms with Crippen molar-refractivity contribution >= 4 is 28.4 Å². The van der Waals surface area contributed by atoms with Crippen LogP contribution in [0.5, 0.6) is 0 Å². The van der Waals surface area contributed by atoms with Crippen LogP contribution in [0, 0.1) is 5.92 Å². The van der Waals surface area contributed by atoms with Gasteiger partial charge in [-0.3, -0.25) is 9.78 Å². The van der Waals surface area contributed by atoms with Gasteiger partial charge in [-0.2, -0.15) is 0 Å². The molecule has 2 aromatic rings. The maximum Gasteiger partial charge on any atom is 0.254 e. The zero-order chi connectivity index (χ0) is 13.9. The molecule has 1 saturated heterocycles. The highest BCUT2D eigenvalue weighted by atomic mass is 35.5. The Labute approximate surface area is 123 Å². The second kappa shape index (κ2) is 5.80. The zero-order valence-corrected chi connectivity index (χ0v) is 12.0. The maximum absolute atomic E-state index is 12.7. The third-order valence-corrected chi connectivity index (χ3v) is 4.34. The monoisotopic (exact) mass is 288 g/mol. The minimum absolute atomic E-state index is 0.0958. The Morgan fingerprint density at radius 3 is 3.10 bits per heavy atom. The molecule has 104 valence electrons. The quantitative estimate of drug-likeness (QED) is 0.794. The minimum atomic E-state index is 0.0958. The summed E-state index contributed by atoms with van der Waals surface area (Å²) in [5, 5.41) is 0.924. The average Bonchev–Trinajstić information content (AvgIpc) is 2.53. The summed E-state index contributed by atoms with van der Waals surface area (Å²) in [5.41, 5.74) is 1.61. The normalized spacial score (nSPS) is 19.2. The number of hydrogen-bond acceptors (Lipinski definition) is 2. The van der Waals surface area contributed by atoms with Gasteiger partial charge < -0.3 is 4.90 Å². The summed E-state index contributed by atoms with van der Waals surface area (Å²) in [6.07, 6.45) is 3.90. The number of rotatable bonds is 2. The number of amides is 1. The van der Waals surface area contributed by atoms with E-state index in [2.05, 4.69) is 4.98 Å². The van der Waals surface area contributed by atoms with Crippen LogP contribution in [-0.2, 0) is 0 Å². The minimum Gasteiger partial charge on any atom is -0.338 e. The Hall–Kier alpha value is -1.61. The van der Waals surface area contributed by atoms with Gasteiger partial charge in [0.25, 0.3) is 5.91 Å². The molecular weight excluding hydrogens is 272 g/mol. The largest absolute Gasteiger partial charge is 0.338 e. The van der Waals surface area contributed by atoms with Crippen molar-refractivity contribution in [1.29, 1.82) is 0 Å². The van der Waals surface area contributed by atoms with Gasteiger partial charge in [-0.05, 0) is 37.0 Å². The lowest BCUT2D eigenvalue weighted by Gasteiger charge is -2.32. The van der Waals surface area contributed by atoms with E-state index in [-0.39, 0.29) is 5.91 Å². The number of piperidine rings is 1. The first kappa shape index (κ1) is 13.4. The van der Waals surface area contributed by atoms with Crippen LogP contribution >= 0.6 is 11.6 Å². The van der Waals surface area contributed by atoms with Crippen LogP contribution in [0.3, 0.4) is 0 Å². The lowest BCUT2D eigenvalue weighted by Crippen LogP contribution is -2.40. The third-order valence-electron chi connectivity index (χ3n) is 3.90. The van der Waals surface area contributed by atoms with Gasteiger partial charge in [0.1, 0.15) is 0 Å². The van der Waals surface area contributed by atoms with Crippen molar-refractivity contribution in [2.75, 3.05) is 19.0 Å². The predicted molar refractivity (Wildman–Crippen MR) is 81.1 cm³/mol. The second-order valence-electron chi connectivity index (χ2n) is 5.29. The molecule has 0 spiro atoms. The fourth-order valence-corrected chi connectivity index (χ4v) is 3.09. The molecule has 1 fully saturated rings. The van der Waals surface area contributed by atoms with E-state index >= 15 is 0 Å². The van der Waals surface area contributed by atoms with E-state index in [0.29, 0.717) is 11.8 Å². The molecule has 1 aliphatic rings. The van der Waals surface area contributed by atoms with Gasteiger partial charge in [-0.1, -0.05) is 12.1 Å². The molecule has 0 radical (unpaired) electrons. The van der Waals surface area contributed by atoms with E-state index in [1.54, 1.807) is 6.20 Å². The molecule has 20 heavy (non-hydrogen) atoms. The number of halogens is 1. The van der Waals surface area contributed by atoms with Gasteiger partial charge in [-0.25, -0.2) is 0 Å². The molecule has 3 nitrogen and oxygen atoms in total. The molecular formula is C16H17ClN2O. The number of aromatic nitrogens is 1. The molecule has 1 unspecified atom stereocenters. The van der Waals surface area contributed by atoms with Crippen molar-refractivity contribution in [2.45, 2.75) is 12.8 Å². The molecule has 1 aliphatic heterocycles. The van der Waals surface area contributed by atoms with Gasteiger partial charge in [0.15, 0.2) is 0 Å². The zero-order valence-electron chi connectivity index (χ0n) is 11.3. The van der Waals surface area contributed by atoms with Crippen molar-refractivity contribution in [3.05, 3.63) is 42.1 Å². The van der Waals surface area contributed by atoms with Crippen molar-refractivity contribution in [3.8, 4) is 0 Å². The summed E-state index contributed by atoms with van der Waals surface area (Å²) in [4.78, 5) is 19.0. The first-order valence-electron chi connectivity index (χ1n) is 6.98. The summed E-state index contributed by atoms with van der Waals surface area (Å²) in [6.45, 7) is 1.59. The Kier molecular flexibility index (Phi) is 3.88. The van der Waals surface area contributed by atoms with E-state index < -0.39 is 0 Å². The van der Waals surface area contributed by atoms with Crippen molar-refractivity contribution in [3.63, 3.8) is 0 Å². The summed E-state index contributed by atoms with van der Waals surface area (Å²) in [6, 6.07) is 9.54. The maximum atomic E-state index is 12.7. The number of likely N-dealkylation sites (tertiary alicyclic amines) is 1. The fraction of sp³-hybridized carbons (Fsp3) is 0.375. The lowest BCUT2D eigenvalue weighted by atomic mass is 9.98. The van der Waals surface area contributed by atoms with Crippen molar-refractivity contribution < 1.29 is 4.79 Å². The van der Waals surface area contributed by atoms with Crippen LogP contribution in [0.2, 0.25) is 0 Å². The molecule has 1 amide bonds. The molecule has 0 saturated carbocycles. The summed E-state index contributed by atoms with van der Waals surface area (Å²) >= 11 is 5.94. The van der Waals surface area contributed by atoms with Crippen molar-refractivity contribution in [2.24, 2.45) is 5.92 Å². The number of fused-ring (bicyclic) bond motifs is 1. The Morgan fingerprint density at radius 1 is 1.35 bits per heavy atom. The van der Waals surface area contributed by atoms with E-state index in [1.165, 1.54) is 0 Å². The fourth-order valence-electron chi connectivity index (χ4n) is 2.84. The van der Waals surface area contributed by atoms with Crippen LogP contribution in [0.25, 0.3) is 10.9 Å². The number of carbonyl (C=O) groups excluding carboxylic acids is 1. The van der Waals surface area contributed by atoms with Crippen molar-refractivity contribution in [1.82, 2.24) is 9.88 Å². The number of alkyl halides is 1. The smallest absolute Gasteiger partial charge is 0.254 e. The van der Waals surface area contributed by atoms with Crippen LogP contribution in [-0.4, -0.2) is 34.8 Å². The highest BCUT2D eigenvalue weighted by molar-refractivity contribution is 6.18. The highest BCUT2D eigenvalue weighted by Gasteiger charge is 2.24. The molecule has 1 atom stereocenters.